The van der Waals surface area contributed by atoms with E-state index in [0.717, 1.165) is 17.0 Å². The van der Waals surface area contributed by atoms with Crippen LogP contribution < -0.4 is 0 Å². The van der Waals surface area contributed by atoms with Gasteiger partial charge in [0.15, 0.2) is 0 Å². The molecule has 0 N–H and O–H groups in total. The summed E-state index contributed by atoms with van der Waals surface area (Å²) in [5, 5.41) is 8.94. The van der Waals surface area contributed by atoms with Gasteiger partial charge in [-0.2, -0.15) is 5.26 Å². The SMILES string of the molecule is Cc1cc(C)c(-c2cc(C)nc(C#N)n2)c(C)c1. The van der Waals surface area contributed by atoms with E-state index in [0.29, 0.717) is 0 Å². The molecule has 0 spiro atoms. The summed E-state index contributed by atoms with van der Waals surface area (Å²) in [6, 6.07) is 8.19. The Balaban J connectivity index is 2.70. The Labute approximate surface area is 107 Å². The molecule has 3 nitrogen and oxygen atoms in total. The van der Waals surface area contributed by atoms with Gasteiger partial charge in [-0.05, 0) is 44.9 Å². The molecule has 2 rings (SSSR count). The summed E-state index contributed by atoms with van der Waals surface area (Å²) in [5.41, 5.74) is 6.33. The van der Waals surface area contributed by atoms with Gasteiger partial charge in [0.1, 0.15) is 6.07 Å². The van der Waals surface area contributed by atoms with Crippen molar-refractivity contribution in [2.24, 2.45) is 0 Å². The Morgan fingerprint density at radius 1 is 0.944 bits per heavy atom. The number of nitrogens with zero attached hydrogens (tertiary/aromatic N) is 3. The van der Waals surface area contributed by atoms with Gasteiger partial charge in [-0.1, -0.05) is 17.7 Å². The van der Waals surface area contributed by atoms with Crippen LogP contribution >= 0.6 is 0 Å². The summed E-state index contributed by atoms with van der Waals surface area (Å²) in [4.78, 5) is 8.38. The van der Waals surface area contributed by atoms with E-state index in [1.807, 2.05) is 19.1 Å². The summed E-state index contributed by atoms with van der Waals surface area (Å²) in [6.45, 7) is 8.10. The highest BCUT2D eigenvalue weighted by molar-refractivity contribution is 5.68. The standard InChI is InChI=1S/C15H15N3/c1-9-5-10(2)15(11(3)6-9)13-7-12(4)17-14(8-16)18-13/h5-7H,1-4H3. The zero-order valence-electron chi connectivity index (χ0n) is 11.1. The van der Waals surface area contributed by atoms with E-state index >= 15 is 0 Å². The molecule has 0 aliphatic rings. The maximum atomic E-state index is 8.94. The fourth-order valence-electron chi connectivity index (χ4n) is 2.33. The van der Waals surface area contributed by atoms with Crippen molar-refractivity contribution in [1.29, 1.82) is 5.26 Å². The molecule has 1 aromatic heterocycles. The van der Waals surface area contributed by atoms with Gasteiger partial charge >= 0.3 is 0 Å². The smallest absolute Gasteiger partial charge is 0.224 e. The van der Waals surface area contributed by atoms with Crippen molar-refractivity contribution in [2.45, 2.75) is 27.7 Å². The van der Waals surface area contributed by atoms with Crippen molar-refractivity contribution in [3.63, 3.8) is 0 Å². The first kappa shape index (κ1) is 12.3. The first-order valence-corrected chi connectivity index (χ1v) is 5.85. The van der Waals surface area contributed by atoms with Crippen LogP contribution in [0.3, 0.4) is 0 Å². The molecule has 0 bridgehead atoms. The van der Waals surface area contributed by atoms with Crippen LogP contribution in [0.5, 0.6) is 0 Å². The Kier molecular flexibility index (Phi) is 3.12. The number of aromatic nitrogens is 2. The molecule has 0 radical (unpaired) electrons. The first-order valence-electron chi connectivity index (χ1n) is 5.85. The maximum absolute atomic E-state index is 8.94. The van der Waals surface area contributed by atoms with E-state index in [2.05, 4.69) is 42.9 Å². The molecule has 1 heterocycles. The molecule has 18 heavy (non-hydrogen) atoms. The summed E-state index contributed by atoms with van der Waals surface area (Å²) in [5.74, 6) is 0.226. The predicted molar refractivity (Wildman–Crippen MR) is 71.1 cm³/mol. The molecule has 0 unspecified atom stereocenters. The van der Waals surface area contributed by atoms with E-state index in [9.17, 15) is 0 Å². The lowest BCUT2D eigenvalue weighted by molar-refractivity contribution is 1.06. The molecule has 0 aliphatic heterocycles. The lowest BCUT2D eigenvalue weighted by Gasteiger charge is -2.11. The van der Waals surface area contributed by atoms with E-state index in [1.54, 1.807) is 0 Å². The summed E-state index contributed by atoms with van der Waals surface area (Å²) < 4.78 is 0. The van der Waals surface area contributed by atoms with Crippen LogP contribution in [-0.4, -0.2) is 9.97 Å². The second-order valence-corrected chi connectivity index (χ2v) is 4.60. The quantitative estimate of drug-likeness (QED) is 0.765. The van der Waals surface area contributed by atoms with Crippen LogP contribution in [0.1, 0.15) is 28.2 Å². The molecular formula is C15H15N3. The van der Waals surface area contributed by atoms with Crippen LogP contribution in [-0.2, 0) is 0 Å². The lowest BCUT2D eigenvalue weighted by Crippen LogP contribution is -1.98. The lowest BCUT2D eigenvalue weighted by atomic mass is 9.97. The van der Waals surface area contributed by atoms with E-state index in [1.165, 1.54) is 16.7 Å². The van der Waals surface area contributed by atoms with Gasteiger partial charge in [0, 0.05) is 11.3 Å². The molecule has 0 saturated heterocycles. The molecule has 3 heteroatoms. The predicted octanol–water partition coefficient (Wildman–Crippen LogP) is 3.25. The second kappa shape index (κ2) is 4.58. The molecule has 0 amide bonds. The normalized spacial score (nSPS) is 10.2. The Bertz CT molecular complexity index is 628. The molecule has 90 valence electrons. The molecule has 0 aliphatic carbocycles. The van der Waals surface area contributed by atoms with Crippen molar-refractivity contribution in [1.82, 2.24) is 9.97 Å². The molecule has 0 saturated carbocycles. The highest BCUT2D eigenvalue weighted by atomic mass is 14.9. The number of rotatable bonds is 1. The monoisotopic (exact) mass is 237 g/mol. The first-order chi connectivity index (χ1) is 8.51. The van der Waals surface area contributed by atoms with Crippen molar-refractivity contribution < 1.29 is 0 Å². The van der Waals surface area contributed by atoms with Gasteiger partial charge in [-0.3, -0.25) is 0 Å². The van der Waals surface area contributed by atoms with E-state index in [4.69, 9.17) is 5.26 Å². The number of aryl methyl sites for hydroxylation is 4. The van der Waals surface area contributed by atoms with E-state index in [-0.39, 0.29) is 5.82 Å². The Morgan fingerprint density at radius 2 is 1.56 bits per heavy atom. The maximum Gasteiger partial charge on any atom is 0.232 e. The van der Waals surface area contributed by atoms with Gasteiger partial charge in [0.05, 0.1) is 5.69 Å². The zero-order valence-corrected chi connectivity index (χ0v) is 11.1. The van der Waals surface area contributed by atoms with Gasteiger partial charge in [0.25, 0.3) is 0 Å². The minimum atomic E-state index is 0.226. The highest BCUT2D eigenvalue weighted by Crippen LogP contribution is 2.27. The van der Waals surface area contributed by atoms with Crippen LogP contribution in [0.25, 0.3) is 11.3 Å². The van der Waals surface area contributed by atoms with Crippen molar-refractivity contribution in [2.75, 3.05) is 0 Å². The van der Waals surface area contributed by atoms with Crippen LogP contribution in [0.4, 0.5) is 0 Å². The van der Waals surface area contributed by atoms with Gasteiger partial charge < -0.3 is 0 Å². The molecule has 0 fully saturated rings. The van der Waals surface area contributed by atoms with Crippen molar-refractivity contribution in [3.8, 4) is 17.3 Å². The fourth-order valence-corrected chi connectivity index (χ4v) is 2.33. The zero-order chi connectivity index (χ0) is 13.3. The van der Waals surface area contributed by atoms with Gasteiger partial charge in [-0.15, -0.1) is 0 Å². The average Bonchev–Trinajstić information content (AvgIpc) is 2.26. The van der Waals surface area contributed by atoms with Crippen LogP contribution in [0.2, 0.25) is 0 Å². The number of nitriles is 1. The largest absolute Gasteiger partial charge is 0.232 e. The van der Waals surface area contributed by atoms with Gasteiger partial charge in [0.2, 0.25) is 5.82 Å². The van der Waals surface area contributed by atoms with Crippen molar-refractivity contribution >= 4 is 0 Å². The van der Waals surface area contributed by atoms with Crippen LogP contribution in [0, 0.1) is 39.0 Å². The average molecular weight is 237 g/mol. The van der Waals surface area contributed by atoms with Gasteiger partial charge in [-0.25, -0.2) is 9.97 Å². The molecule has 1 aromatic carbocycles. The topological polar surface area (TPSA) is 49.6 Å². The number of hydrogen-bond donors (Lipinski definition) is 0. The Hall–Kier alpha value is -2.21. The minimum absolute atomic E-state index is 0.226. The number of benzene rings is 1. The molecule has 2 aromatic rings. The fraction of sp³-hybridized carbons (Fsp3) is 0.267. The van der Waals surface area contributed by atoms with Crippen LogP contribution in [0.15, 0.2) is 18.2 Å². The Morgan fingerprint density at radius 3 is 2.11 bits per heavy atom. The second-order valence-electron chi connectivity index (χ2n) is 4.60. The molecule has 0 atom stereocenters. The third-order valence-electron chi connectivity index (χ3n) is 2.89. The summed E-state index contributed by atoms with van der Waals surface area (Å²) in [7, 11) is 0. The third-order valence-corrected chi connectivity index (χ3v) is 2.89. The molecular weight excluding hydrogens is 222 g/mol. The van der Waals surface area contributed by atoms with E-state index < -0.39 is 0 Å². The van der Waals surface area contributed by atoms with Crippen molar-refractivity contribution in [3.05, 3.63) is 46.4 Å². The summed E-state index contributed by atoms with van der Waals surface area (Å²) in [6.07, 6.45) is 0. The third kappa shape index (κ3) is 2.23. The highest BCUT2D eigenvalue weighted by Gasteiger charge is 2.10. The summed E-state index contributed by atoms with van der Waals surface area (Å²) >= 11 is 0. The minimum Gasteiger partial charge on any atom is -0.224 e. The number of hydrogen-bond acceptors (Lipinski definition) is 3.